The van der Waals surface area contributed by atoms with E-state index in [1.807, 2.05) is 0 Å². The number of ether oxygens (including phenoxy) is 2. The average molecular weight is 741 g/mol. The van der Waals surface area contributed by atoms with Crippen molar-refractivity contribution in [2.45, 2.75) is 225 Å². The van der Waals surface area contributed by atoms with Crippen molar-refractivity contribution < 1.29 is 19.4 Å². The SMILES string of the molecule is CCCCC/C=C\C/C=C\CCCCCCCCCC(=O)OC(CO)COCCCCCCCCCCC/C=C\C/C=C\C/C=C\CCCCCCC. The zero-order valence-corrected chi connectivity index (χ0v) is 35.3. The van der Waals surface area contributed by atoms with Crippen molar-refractivity contribution in [1.82, 2.24) is 0 Å². The van der Waals surface area contributed by atoms with Gasteiger partial charge in [0.1, 0.15) is 6.10 Å². The van der Waals surface area contributed by atoms with Crippen LogP contribution in [0.3, 0.4) is 0 Å². The van der Waals surface area contributed by atoms with E-state index in [1.54, 1.807) is 0 Å². The van der Waals surface area contributed by atoms with Crippen LogP contribution >= 0.6 is 0 Å². The Hall–Kier alpha value is -1.91. The van der Waals surface area contributed by atoms with Gasteiger partial charge in [-0.15, -0.1) is 0 Å². The molecule has 308 valence electrons. The lowest BCUT2D eigenvalue weighted by molar-refractivity contribution is -0.154. The topological polar surface area (TPSA) is 55.8 Å². The molecule has 0 rings (SSSR count). The number of allylic oxidation sites excluding steroid dienone is 10. The number of unbranched alkanes of at least 4 members (excludes halogenated alkanes) is 24. The minimum atomic E-state index is -0.544. The monoisotopic (exact) mass is 741 g/mol. The van der Waals surface area contributed by atoms with Crippen LogP contribution in [0.1, 0.15) is 219 Å². The van der Waals surface area contributed by atoms with Crippen molar-refractivity contribution in [3.05, 3.63) is 60.8 Å². The molecule has 0 amide bonds. The van der Waals surface area contributed by atoms with Crippen molar-refractivity contribution in [1.29, 1.82) is 0 Å². The molecule has 0 aromatic rings. The fourth-order valence-corrected chi connectivity index (χ4v) is 6.37. The first-order chi connectivity index (χ1) is 26.2. The Balaban J connectivity index is 3.46. The molecule has 4 nitrogen and oxygen atoms in total. The number of esters is 1. The summed E-state index contributed by atoms with van der Waals surface area (Å²) in [6, 6.07) is 0. The van der Waals surface area contributed by atoms with Crippen LogP contribution in [0.25, 0.3) is 0 Å². The number of rotatable bonds is 42. The number of carbonyl (C=O) groups excluding carboxylic acids is 1. The Morgan fingerprint density at radius 2 is 0.792 bits per heavy atom. The molecule has 0 aromatic heterocycles. The van der Waals surface area contributed by atoms with Gasteiger partial charge in [0.2, 0.25) is 0 Å². The summed E-state index contributed by atoms with van der Waals surface area (Å²) >= 11 is 0. The minimum Gasteiger partial charge on any atom is -0.457 e. The third kappa shape index (κ3) is 44.4. The van der Waals surface area contributed by atoms with E-state index in [2.05, 4.69) is 74.6 Å². The van der Waals surface area contributed by atoms with E-state index in [4.69, 9.17) is 9.47 Å². The van der Waals surface area contributed by atoms with Gasteiger partial charge in [-0.05, 0) is 83.5 Å². The molecule has 53 heavy (non-hydrogen) atoms. The molecule has 0 aromatic carbocycles. The van der Waals surface area contributed by atoms with Crippen LogP contribution in [0.4, 0.5) is 0 Å². The lowest BCUT2D eigenvalue weighted by Gasteiger charge is -2.16. The van der Waals surface area contributed by atoms with Gasteiger partial charge in [-0.25, -0.2) is 0 Å². The highest BCUT2D eigenvalue weighted by atomic mass is 16.6. The summed E-state index contributed by atoms with van der Waals surface area (Å²) in [5, 5.41) is 9.62. The molecule has 0 radical (unpaired) electrons. The highest BCUT2D eigenvalue weighted by Gasteiger charge is 2.13. The Labute approximate surface area is 330 Å². The molecule has 0 aliphatic carbocycles. The Kier molecular flexibility index (Phi) is 44.6. The molecule has 0 bridgehead atoms. The van der Waals surface area contributed by atoms with Gasteiger partial charge in [0, 0.05) is 13.0 Å². The van der Waals surface area contributed by atoms with Crippen molar-refractivity contribution in [2.24, 2.45) is 0 Å². The molecule has 4 heteroatoms. The van der Waals surface area contributed by atoms with Crippen molar-refractivity contribution >= 4 is 5.97 Å². The van der Waals surface area contributed by atoms with Crippen LogP contribution in [-0.4, -0.2) is 37.0 Å². The van der Waals surface area contributed by atoms with Crippen LogP contribution in [0, 0.1) is 0 Å². The number of aliphatic hydroxyl groups excluding tert-OH is 1. The molecule has 1 N–H and O–H groups in total. The molecule has 1 atom stereocenters. The van der Waals surface area contributed by atoms with Gasteiger partial charge in [-0.1, -0.05) is 190 Å². The quantitative estimate of drug-likeness (QED) is 0.0385. The maximum Gasteiger partial charge on any atom is 0.306 e. The fourth-order valence-electron chi connectivity index (χ4n) is 6.37. The van der Waals surface area contributed by atoms with Crippen molar-refractivity contribution in [2.75, 3.05) is 19.8 Å². The first-order valence-corrected chi connectivity index (χ1v) is 22.9. The lowest BCUT2D eigenvalue weighted by atomic mass is 10.1. The van der Waals surface area contributed by atoms with E-state index in [0.29, 0.717) is 13.0 Å². The van der Waals surface area contributed by atoms with E-state index in [1.165, 1.54) is 161 Å². The Morgan fingerprint density at radius 1 is 0.453 bits per heavy atom. The summed E-state index contributed by atoms with van der Waals surface area (Å²) < 4.78 is 11.2. The predicted molar refractivity (Wildman–Crippen MR) is 233 cm³/mol. The second kappa shape index (κ2) is 46.2. The summed E-state index contributed by atoms with van der Waals surface area (Å²) in [7, 11) is 0. The van der Waals surface area contributed by atoms with Gasteiger partial charge in [-0.2, -0.15) is 0 Å². The number of hydrogen-bond donors (Lipinski definition) is 1. The largest absolute Gasteiger partial charge is 0.457 e. The fraction of sp³-hybridized carbons (Fsp3) is 0.776. The van der Waals surface area contributed by atoms with Gasteiger partial charge in [0.15, 0.2) is 0 Å². The third-order valence-corrected chi connectivity index (χ3v) is 9.82. The number of carbonyl (C=O) groups is 1. The molecule has 0 heterocycles. The molecule has 1 unspecified atom stereocenters. The van der Waals surface area contributed by atoms with Gasteiger partial charge in [-0.3, -0.25) is 4.79 Å². The second-order valence-corrected chi connectivity index (χ2v) is 15.1. The summed E-state index contributed by atoms with van der Waals surface area (Å²) in [6.45, 7) is 5.30. The molecule has 0 spiro atoms. The highest BCUT2D eigenvalue weighted by Crippen LogP contribution is 2.13. The van der Waals surface area contributed by atoms with E-state index < -0.39 is 6.10 Å². The van der Waals surface area contributed by atoms with Crippen LogP contribution in [0.5, 0.6) is 0 Å². The highest BCUT2D eigenvalue weighted by molar-refractivity contribution is 5.69. The van der Waals surface area contributed by atoms with Crippen molar-refractivity contribution in [3.63, 3.8) is 0 Å². The normalized spacial score (nSPS) is 12.9. The van der Waals surface area contributed by atoms with Crippen LogP contribution < -0.4 is 0 Å². The number of aliphatic hydroxyl groups is 1. The molecular formula is C49H88O4. The summed E-state index contributed by atoms with van der Waals surface area (Å²) in [4.78, 5) is 12.2. The lowest BCUT2D eigenvalue weighted by Crippen LogP contribution is -2.27. The standard InChI is InChI=1S/C49H88O4/c1-3-5-7-9-11-13-15-17-19-21-22-23-24-25-26-27-29-31-33-35-37-39-41-43-45-52-47-48(46-50)53-49(51)44-42-40-38-36-34-32-30-28-20-18-16-14-12-10-8-6-4-2/h12,14-15,17-18,20-22,24-25,48,50H,3-11,13,16,19,23,26-47H2,1-2H3/b14-12-,17-15-,20-18-,22-21-,25-24-. The van der Waals surface area contributed by atoms with Crippen LogP contribution in [0.15, 0.2) is 60.8 Å². The molecule has 0 saturated carbocycles. The first-order valence-electron chi connectivity index (χ1n) is 22.9. The number of hydrogen-bond acceptors (Lipinski definition) is 4. The van der Waals surface area contributed by atoms with E-state index >= 15 is 0 Å². The van der Waals surface area contributed by atoms with Gasteiger partial charge < -0.3 is 14.6 Å². The van der Waals surface area contributed by atoms with Crippen molar-refractivity contribution in [3.8, 4) is 0 Å². The smallest absolute Gasteiger partial charge is 0.306 e. The predicted octanol–water partition coefficient (Wildman–Crippen LogP) is 15.2. The maximum atomic E-state index is 12.2. The summed E-state index contributed by atoms with van der Waals surface area (Å²) in [5.74, 6) is -0.211. The minimum absolute atomic E-state index is 0.179. The van der Waals surface area contributed by atoms with E-state index in [-0.39, 0.29) is 19.2 Å². The first kappa shape index (κ1) is 51.1. The molecule has 0 saturated heterocycles. The summed E-state index contributed by atoms with van der Waals surface area (Å²) in [6.07, 6.45) is 61.4. The molecule has 0 aliphatic heterocycles. The Bertz CT molecular complexity index is 870. The molecule has 0 aliphatic rings. The van der Waals surface area contributed by atoms with Crippen LogP contribution in [-0.2, 0) is 14.3 Å². The maximum absolute atomic E-state index is 12.2. The molecule has 0 fully saturated rings. The van der Waals surface area contributed by atoms with Gasteiger partial charge in [0.05, 0.1) is 13.2 Å². The van der Waals surface area contributed by atoms with E-state index in [0.717, 1.165) is 38.5 Å². The zero-order valence-electron chi connectivity index (χ0n) is 35.3. The second-order valence-electron chi connectivity index (χ2n) is 15.1. The molecular weight excluding hydrogens is 653 g/mol. The van der Waals surface area contributed by atoms with E-state index in [9.17, 15) is 9.90 Å². The van der Waals surface area contributed by atoms with Gasteiger partial charge in [0.25, 0.3) is 0 Å². The third-order valence-electron chi connectivity index (χ3n) is 9.82. The van der Waals surface area contributed by atoms with Crippen LogP contribution in [0.2, 0.25) is 0 Å². The Morgan fingerprint density at radius 3 is 1.23 bits per heavy atom. The zero-order chi connectivity index (χ0) is 38.4. The van der Waals surface area contributed by atoms with Gasteiger partial charge >= 0.3 is 5.97 Å². The summed E-state index contributed by atoms with van der Waals surface area (Å²) in [5.41, 5.74) is 0. The average Bonchev–Trinajstić information content (AvgIpc) is 3.16.